The average Bonchev–Trinajstić information content (AvgIpc) is 2.63. The molecule has 1 amide bonds. The first-order chi connectivity index (χ1) is 12.0. The van der Waals surface area contributed by atoms with E-state index in [1.54, 1.807) is 12.1 Å². The van der Waals surface area contributed by atoms with Crippen LogP contribution in [0.25, 0.3) is 0 Å². The summed E-state index contributed by atoms with van der Waals surface area (Å²) in [4.78, 5) is 25.5. The smallest absolute Gasteiger partial charge is 0.293 e. The molecule has 1 aliphatic rings. The number of hydrogen-bond donors (Lipinski definition) is 1. The molecular weight excluding hydrogens is 318 g/mol. The van der Waals surface area contributed by atoms with E-state index in [0.29, 0.717) is 11.4 Å². The van der Waals surface area contributed by atoms with Crippen molar-refractivity contribution < 1.29 is 9.72 Å². The number of rotatable bonds is 4. The summed E-state index contributed by atoms with van der Waals surface area (Å²) >= 11 is 0. The molecule has 1 aliphatic heterocycles. The molecule has 1 fully saturated rings. The van der Waals surface area contributed by atoms with Crippen molar-refractivity contribution in [2.75, 3.05) is 23.3 Å². The van der Waals surface area contributed by atoms with Gasteiger partial charge in [0.15, 0.2) is 0 Å². The molecule has 2 aromatic carbocycles. The molecule has 6 heteroatoms. The number of nitrogens with one attached hydrogen (secondary N) is 1. The summed E-state index contributed by atoms with van der Waals surface area (Å²) in [6, 6.07) is 12.1. The lowest BCUT2D eigenvalue weighted by molar-refractivity contribution is -0.384. The summed E-state index contributed by atoms with van der Waals surface area (Å²) < 4.78 is 0. The molecule has 0 aromatic heterocycles. The first-order valence-corrected chi connectivity index (χ1v) is 8.46. The minimum Gasteiger partial charge on any atom is -0.366 e. The van der Waals surface area contributed by atoms with Crippen molar-refractivity contribution in [1.82, 2.24) is 0 Å². The predicted molar refractivity (Wildman–Crippen MR) is 98.3 cm³/mol. The highest BCUT2D eigenvalue weighted by Crippen LogP contribution is 2.31. The van der Waals surface area contributed by atoms with Crippen molar-refractivity contribution >= 4 is 23.0 Å². The minimum atomic E-state index is -0.410. The number of aryl methyl sites for hydroxylation is 1. The molecule has 1 saturated heterocycles. The summed E-state index contributed by atoms with van der Waals surface area (Å²) in [7, 11) is 0. The topological polar surface area (TPSA) is 75.5 Å². The van der Waals surface area contributed by atoms with Gasteiger partial charge >= 0.3 is 0 Å². The molecule has 0 atom stereocenters. The van der Waals surface area contributed by atoms with Crippen LogP contribution in [-0.4, -0.2) is 23.9 Å². The van der Waals surface area contributed by atoms with Gasteiger partial charge in [-0.15, -0.1) is 0 Å². The van der Waals surface area contributed by atoms with Crippen LogP contribution < -0.4 is 10.2 Å². The molecule has 0 radical (unpaired) electrons. The van der Waals surface area contributed by atoms with Gasteiger partial charge in [0, 0.05) is 30.4 Å². The Morgan fingerprint density at radius 1 is 1.08 bits per heavy atom. The molecule has 0 spiro atoms. The molecule has 0 bridgehead atoms. The van der Waals surface area contributed by atoms with Crippen molar-refractivity contribution in [2.45, 2.75) is 26.2 Å². The molecular formula is C19H21N3O3. The molecule has 0 aliphatic carbocycles. The quantitative estimate of drug-likeness (QED) is 0.671. The fraction of sp³-hybridized carbons (Fsp3) is 0.316. The Hall–Kier alpha value is -2.89. The molecule has 6 nitrogen and oxygen atoms in total. The van der Waals surface area contributed by atoms with Gasteiger partial charge in [0.2, 0.25) is 0 Å². The van der Waals surface area contributed by atoms with E-state index in [4.69, 9.17) is 0 Å². The van der Waals surface area contributed by atoms with Crippen molar-refractivity contribution in [3.05, 3.63) is 63.7 Å². The maximum absolute atomic E-state index is 12.4. The van der Waals surface area contributed by atoms with Crippen LogP contribution in [-0.2, 0) is 0 Å². The number of nitro benzene ring substituents is 1. The van der Waals surface area contributed by atoms with E-state index in [9.17, 15) is 14.9 Å². The Morgan fingerprint density at radius 2 is 1.76 bits per heavy atom. The molecule has 2 aromatic rings. The SMILES string of the molecule is Cc1ccc(NC(=O)c2ccc(N3CCCCC3)c([N+](=O)[O-])c2)cc1. The van der Waals surface area contributed by atoms with Crippen LogP contribution in [0.5, 0.6) is 0 Å². The fourth-order valence-electron chi connectivity index (χ4n) is 3.05. The Labute approximate surface area is 146 Å². The van der Waals surface area contributed by atoms with E-state index < -0.39 is 4.92 Å². The van der Waals surface area contributed by atoms with Crippen molar-refractivity contribution in [1.29, 1.82) is 0 Å². The van der Waals surface area contributed by atoms with Crippen LogP contribution in [0.2, 0.25) is 0 Å². The molecule has 0 unspecified atom stereocenters. The van der Waals surface area contributed by atoms with Gasteiger partial charge in [-0.2, -0.15) is 0 Å². The summed E-state index contributed by atoms with van der Waals surface area (Å²) in [6.45, 7) is 3.60. The van der Waals surface area contributed by atoms with Gasteiger partial charge in [-0.05, 0) is 50.5 Å². The largest absolute Gasteiger partial charge is 0.366 e. The summed E-state index contributed by atoms with van der Waals surface area (Å²) in [5, 5.41) is 14.3. The second-order valence-corrected chi connectivity index (χ2v) is 6.33. The number of hydrogen-bond acceptors (Lipinski definition) is 4. The second-order valence-electron chi connectivity index (χ2n) is 6.33. The summed E-state index contributed by atoms with van der Waals surface area (Å²) in [6.07, 6.45) is 3.22. The van der Waals surface area contributed by atoms with Gasteiger partial charge in [0.25, 0.3) is 11.6 Å². The number of anilines is 2. The average molecular weight is 339 g/mol. The Balaban J connectivity index is 1.84. The molecule has 1 N–H and O–H groups in total. The minimum absolute atomic E-state index is 0.0153. The zero-order valence-corrected chi connectivity index (χ0v) is 14.2. The van der Waals surface area contributed by atoms with Crippen molar-refractivity contribution in [3.8, 4) is 0 Å². The van der Waals surface area contributed by atoms with Gasteiger partial charge in [0.05, 0.1) is 4.92 Å². The number of amides is 1. The van der Waals surface area contributed by atoms with Crippen LogP contribution in [0.15, 0.2) is 42.5 Å². The van der Waals surface area contributed by atoms with E-state index >= 15 is 0 Å². The summed E-state index contributed by atoms with van der Waals surface area (Å²) in [5.74, 6) is -0.350. The van der Waals surface area contributed by atoms with E-state index in [-0.39, 0.29) is 17.2 Å². The maximum atomic E-state index is 12.4. The fourth-order valence-corrected chi connectivity index (χ4v) is 3.05. The van der Waals surface area contributed by atoms with E-state index in [0.717, 1.165) is 37.9 Å². The van der Waals surface area contributed by atoms with Gasteiger partial charge < -0.3 is 10.2 Å². The molecule has 130 valence electrons. The lowest BCUT2D eigenvalue weighted by atomic mass is 10.1. The standard InChI is InChI=1S/C19H21N3O3/c1-14-5-8-16(9-6-14)20-19(23)15-7-10-17(18(13-15)22(24)25)21-11-3-2-4-12-21/h5-10,13H,2-4,11-12H2,1H3,(H,20,23). The highest BCUT2D eigenvalue weighted by molar-refractivity contribution is 6.05. The van der Waals surface area contributed by atoms with Crippen LogP contribution in [0.4, 0.5) is 17.1 Å². The monoisotopic (exact) mass is 339 g/mol. The van der Waals surface area contributed by atoms with Crippen molar-refractivity contribution in [2.24, 2.45) is 0 Å². The van der Waals surface area contributed by atoms with E-state index in [1.807, 2.05) is 36.1 Å². The van der Waals surface area contributed by atoms with Crippen LogP contribution >= 0.6 is 0 Å². The number of carbonyl (C=O) groups is 1. The highest BCUT2D eigenvalue weighted by atomic mass is 16.6. The molecule has 0 saturated carbocycles. The van der Waals surface area contributed by atoms with Gasteiger partial charge in [-0.1, -0.05) is 17.7 Å². The van der Waals surface area contributed by atoms with E-state index in [1.165, 1.54) is 6.07 Å². The first-order valence-electron chi connectivity index (χ1n) is 8.46. The third kappa shape index (κ3) is 3.96. The second kappa shape index (κ2) is 7.34. The predicted octanol–water partition coefficient (Wildman–Crippen LogP) is 4.15. The van der Waals surface area contributed by atoms with Crippen LogP contribution in [0.3, 0.4) is 0 Å². The number of nitro groups is 1. The molecule has 1 heterocycles. The zero-order valence-electron chi connectivity index (χ0n) is 14.2. The van der Waals surface area contributed by atoms with Gasteiger partial charge in [-0.25, -0.2) is 0 Å². The lowest BCUT2D eigenvalue weighted by Gasteiger charge is -2.28. The molecule has 3 rings (SSSR count). The van der Waals surface area contributed by atoms with Gasteiger partial charge in [0.1, 0.15) is 5.69 Å². The number of carbonyl (C=O) groups excluding carboxylic acids is 1. The lowest BCUT2D eigenvalue weighted by Crippen LogP contribution is -2.30. The third-order valence-electron chi connectivity index (χ3n) is 4.44. The number of benzene rings is 2. The Morgan fingerprint density at radius 3 is 2.40 bits per heavy atom. The van der Waals surface area contributed by atoms with E-state index in [2.05, 4.69) is 5.32 Å². The van der Waals surface area contributed by atoms with Crippen LogP contribution in [0, 0.1) is 17.0 Å². The first kappa shape index (κ1) is 17.0. The van der Waals surface area contributed by atoms with Gasteiger partial charge in [-0.3, -0.25) is 14.9 Å². The molecule has 25 heavy (non-hydrogen) atoms. The van der Waals surface area contributed by atoms with Crippen LogP contribution in [0.1, 0.15) is 35.2 Å². The zero-order chi connectivity index (χ0) is 17.8. The third-order valence-corrected chi connectivity index (χ3v) is 4.44. The summed E-state index contributed by atoms with van der Waals surface area (Å²) in [5.41, 5.74) is 2.63. The Kier molecular flexibility index (Phi) is 4.97. The number of nitrogens with zero attached hydrogens (tertiary/aromatic N) is 2. The maximum Gasteiger partial charge on any atom is 0.293 e. The highest BCUT2D eigenvalue weighted by Gasteiger charge is 2.23. The normalized spacial score (nSPS) is 14.2. The number of piperidine rings is 1. The Bertz CT molecular complexity index is 781. The van der Waals surface area contributed by atoms with Crippen molar-refractivity contribution in [3.63, 3.8) is 0 Å².